The van der Waals surface area contributed by atoms with Gasteiger partial charge in [0.2, 0.25) is 0 Å². The van der Waals surface area contributed by atoms with Crippen LogP contribution in [-0.2, 0) is 15.7 Å². The molecule has 0 aliphatic heterocycles. The van der Waals surface area contributed by atoms with Gasteiger partial charge < -0.3 is 15.6 Å². The molecule has 8 heteroatoms. The number of nitrogen functional groups attached to an aromatic ring is 1. The molecule has 5 nitrogen and oxygen atoms in total. The minimum atomic E-state index is -4.30. The number of carbonyl (C=O) groups is 1. The van der Waals surface area contributed by atoms with Crippen molar-refractivity contribution in [1.82, 2.24) is 0 Å². The molecule has 21 heavy (non-hydrogen) atoms. The van der Waals surface area contributed by atoms with Crippen molar-refractivity contribution < 1.29 is 27.8 Å². The fourth-order valence-corrected chi connectivity index (χ4v) is 1.01. The summed E-state index contributed by atoms with van der Waals surface area (Å²) in [4.78, 5) is 10.1. The Bertz CT molecular complexity index is 548. The number of aliphatic carboxylic acids is 1. The molecule has 0 saturated heterocycles. The SMILES string of the molecule is CCO/C=C(/C#N)C(=O)O.Nc1cccc(C(F)(F)F)c1. The third-order valence-electron chi connectivity index (χ3n) is 1.93. The lowest BCUT2D eigenvalue weighted by Crippen LogP contribution is -2.04. The highest BCUT2D eigenvalue weighted by Crippen LogP contribution is 2.29. The first-order valence-corrected chi connectivity index (χ1v) is 5.60. The molecule has 0 aromatic heterocycles. The van der Waals surface area contributed by atoms with E-state index in [2.05, 4.69) is 4.74 Å². The highest BCUT2D eigenvalue weighted by atomic mass is 19.4. The van der Waals surface area contributed by atoms with Crippen LogP contribution in [0.15, 0.2) is 36.1 Å². The van der Waals surface area contributed by atoms with Crippen LogP contribution in [0.2, 0.25) is 0 Å². The summed E-state index contributed by atoms with van der Waals surface area (Å²) in [5, 5.41) is 16.4. The van der Waals surface area contributed by atoms with Crippen LogP contribution >= 0.6 is 0 Å². The summed E-state index contributed by atoms with van der Waals surface area (Å²) >= 11 is 0. The summed E-state index contributed by atoms with van der Waals surface area (Å²) in [6.07, 6.45) is -3.36. The number of anilines is 1. The lowest BCUT2D eigenvalue weighted by atomic mass is 10.2. The first-order valence-electron chi connectivity index (χ1n) is 5.60. The standard InChI is InChI=1S/C7H6F3N.C6H7NO3/c8-7(9,10)5-2-1-3-6(11)4-5;1-2-10-4-5(3-7)6(8)9/h1-4H,11H2;4H,2H2,1H3,(H,8,9)/b;5-4-. The van der Waals surface area contributed by atoms with Crippen molar-refractivity contribution in [1.29, 1.82) is 5.26 Å². The van der Waals surface area contributed by atoms with Gasteiger partial charge in [-0.25, -0.2) is 4.79 Å². The molecule has 0 atom stereocenters. The number of ether oxygens (including phenoxy) is 1. The Morgan fingerprint density at radius 1 is 1.52 bits per heavy atom. The molecule has 0 spiro atoms. The summed E-state index contributed by atoms with van der Waals surface area (Å²) in [5.74, 6) is -1.27. The molecule has 0 saturated carbocycles. The first kappa shape index (κ1) is 18.3. The average molecular weight is 302 g/mol. The van der Waals surface area contributed by atoms with Gasteiger partial charge in [-0.15, -0.1) is 0 Å². The van der Waals surface area contributed by atoms with Crippen LogP contribution in [0.3, 0.4) is 0 Å². The van der Waals surface area contributed by atoms with E-state index in [0.717, 1.165) is 18.4 Å². The van der Waals surface area contributed by atoms with Crippen molar-refractivity contribution in [2.75, 3.05) is 12.3 Å². The van der Waals surface area contributed by atoms with E-state index in [1.165, 1.54) is 18.2 Å². The Labute approximate surface area is 119 Å². The van der Waals surface area contributed by atoms with Gasteiger partial charge in [-0.1, -0.05) is 6.07 Å². The van der Waals surface area contributed by atoms with E-state index in [-0.39, 0.29) is 11.3 Å². The molecule has 0 bridgehead atoms. The van der Waals surface area contributed by atoms with Crippen LogP contribution in [-0.4, -0.2) is 17.7 Å². The predicted octanol–water partition coefficient (Wildman–Crippen LogP) is 2.80. The molecule has 0 fully saturated rings. The van der Waals surface area contributed by atoms with Crippen LogP contribution in [0.5, 0.6) is 0 Å². The van der Waals surface area contributed by atoms with E-state index >= 15 is 0 Å². The maximum atomic E-state index is 11.9. The van der Waals surface area contributed by atoms with Gasteiger partial charge in [0.05, 0.1) is 12.2 Å². The molecule has 0 amide bonds. The van der Waals surface area contributed by atoms with E-state index in [1.54, 1.807) is 6.92 Å². The number of rotatable bonds is 3. The van der Waals surface area contributed by atoms with Gasteiger partial charge in [-0.2, -0.15) is 18.4 Å². The third-order valence-corrected chi connectivity index (χ3v) is 1.93. The fourth-order valence-electron chi connectivity index (χ4n) is 1.01. The van der Waals surface area contributed by atoms with Gasteiger partial charge in [-0.3, -0.25) is 0 Å². The van der Waals surface area contributed by atoms with Gasteiger partial charge >= 0.3 is 12.1 Å². The molecule has 0 heterocycles. The van der Waals surface area contributed by atoms with Gasteiger partial charge in [-0.05, 0) is 25.1 Å². The Kier molecular flexibility index (Phi) is 7.39. The third kappa shape index (κ3) is 7.47. The minimum absolute atomic E-state index is 0.125. The van der Waals surface area contributed by atoms with Crippen molar-refractivity contribution in [3.63, 3.8) is 0 Å². The van der Waals surface area contributed by atoms with E-state index in [4.69, 9.17) is 16.1 Å². The largest absolute Gasteiger partial charge is 0.500 e. The smallest absolute Gasteiger partial charge is 0.416 e. The van der Waals surface area contributed by atoms with Crippen LogP contribution in [0, 0.1) is 11.3 Å². The second-order valence-corrected chi connectivity index (χ2v) is 3.53. The summed E-state index contributed by atoms with van der Waals surface area (Å²) in [6.45, 7) is 2.06. The fraction of sp³-hybridized carbons (Fsp3) is 0.231. The van der Waals surface area contributed by atoms with Gasteiger partial charge in [0.25, 0.3) is 0 Å². The molecule has 0 aliphatic carbocycles. The number of hydrogen-bond donors (Lipinski definition) is 2. The number of carboxylic acids is 1. The maximum Gasteiger partial charge on any atom is 0.416 e. The number of halogens is 3. The Morgan fingerprint density at radius 3 is 2.48 bits per heavy atom. The topological polar surface area (TPSA) is 96.3 Å². The first-order chi connectivity index (χ1) is 9.72. The predicted molar refractivity (Wildman–Crippen MR) is 68.8 cm³/mol. The molecule has 1 aromatic rings. The molecule has 0 radical (unpaired) electrons. The maximum absolute atomic E-state index is 11.9. The van der Waals surface area contributed by atoms with Crippen molar-refractivity contribution in [2.45, 2.75) is 13.1 Å². The molecule has 0 aliphatic rings. The zero-order chi connectivity index (χ0) is 16.5. The molecule has 3 N–H and O–H groups in total. The van der Waals surface area contributed by atoms with Crippen LogP contribution in [0.4, 0.5) is 18.9 Å². The minimum Gasteiger partial charge on any atom is -0.500 e. The second-order valence-electron chi connectivity index (χ2n) is 3.53. The van der Waals surface area contributed by atoms with Crippen molar-refractivity contribution >= 4 is 11.7 Å². The zero-order valence-electron chi connectivity index (χ0n) is 11.0. The average Bonchev–Trinajstić information content (AvgIpc) is 2.39. The summed E-state index contributed by atoms with van der Waals surface area (Å²) in [7, 11) is 0. The van der Waals surface area contributed by atoms with Gasteiger partial charge in [0.15, 0.2) is 5.57 Å². The molecule has 1 aromatic carbocycles. The number of alkyl halides is 3. The van der Waals surface area contributed by atoms with Crippen molar-refractivity contribution in [2.24, 2.45) is 0 Å². The number of nitriles is 1. The van der Waals surface area contributed by atoms with E-state index < -0.39 is 17.7 Å². The lowest BCUT2D eigenvalue weighted by Gasteiger charge is -2.05. The Morgan fingerprint density at radius 2 is 2.14 bits per heavy atom. The van der Waals surface area contributed by atoms with Crippen LogP contribution in [0.1, 0.15) is 12.5 Å². The highest BCUT2D eigenvalue weighted by Gasteiger charge is 2.30. The van der Waals surface area contributed by atoms with E-state index in [0.29, 0.717) is 6.61 Å². The van der Waals surface area contributed by atoms with Crippen LogP contribution in [0.25, 0.3) is 0 Å². The number of carboxylic acid groups (broad SMARTS) is 1. The number of nitrogens with two attached hydrogens (primary N) is 1. The lowest BCUT2D eigenvalue weighted by molar-refractivity contribution is -0.137. The number of nitrogens with zero attached hydrogens (tertiary/aromatic N) is 1. The Balaban J connectivity index is 0.000000384. The second kappa shape index (κ2) is 8.47. The number of benzene rings is 1. The summed E-state index contributed by atoms with van der Waals surface area (Å²) in [6, 6.07) is 6.05. The normalized spacial score (nSPS) is 10.9. The van der Waals surface area contributed by atoms with E-state index in [1.807, 2.05) is 0 Å². The monoisotopic (exact) mass is 302 g/mol. The van der Waals surface area contributed by atoms with Crippen molar-refractivity contribution in [3.8, 4) is 6.07 Å². The summed E-state index contributed by atoms with van der Waals surface area (Å²) in [5.41, 5.74) is 4.18. The quantitative estimate of drug-likeness (QED) is 0.387. The summed E-state index contributed by atoms with van der Waals surface area (Å²) < 4.78 is 40.3. The van der Waals surface area contributed by atoms with Crippen molar-refractivity contribution in [3.05, 3.63) is 41.7 Å². The molecular weight excluding hydrogens is 289 g/mol. The zero-order valence-corrected chi connectivity index (χ0v) is 11.0. The molecule has 0 unspecified atom stereocenters. The van der Waals surface area contributed by atoms with E-state index in [9.17, 15) is 18.0 Å². The van der Waals surface area contributed by atoms with Gasteiger partial charge in [0.1, 0.15) is 12.3 Å². The molecule has 1 rings (SSSR count). The van der Waals surface area contributed by atoms with Gasteiger partial charge in [0, 0.05) is 5.69 Å². The number of hydrogen-bond acceptors (Lipinski definition) is 4. The molecule has 114 valence electrons. The molecular formula is C13H13F3N2O3. The van der Waals surface area contributed by atoms with Crippen LogP contribution < -0.4 is 5.73 Å². The Hall–Kier alpha value is -2.69. The highest BCUT2D eigenvalue weighted by molar-refractivity contribution is 5.90.